The number of fused-ring (bicyclic) bond motifs is 1. The molecule has 22 heavy (non-hydrogen) atoms. The first-order chi connectivity index (χ1) is 10.6. The Morgan fingerprint density at radius 2 is 2.00 bits per heavy atom. The fraction of sp³-hybridized carbons (Fsp3) is 0.125. The lowest BCUT2D eigenvalue weighted by atomic mass is 10.2. The van der Waals surface area contributed by atoms with Crippen LogP contribution < -0.4 is 4.72 Å². The normalized spacial score (nSPS) is 11.7. The first-order valence-electron chi connectivity index (χ1n) is 6.80. The molecule has 0 fully saturated rings. The van der Waals surface area contributed by atoms with Gasteiger partial charge in [-0.15, -0.1) is 0 Å². The molecular formula is C16H15N3O2S. The Labute approximate surface area is 129 Å². The molecule has 3 rings (SSSR count). The predicted molar refractivity (Wildman–Crippen MR) is 84.7 cm³/mol. The summed E-state index contributed by atoms with van der Waals surface area (Å²) in [5.41, 5.74) is 2.27. The van der Waals surface area contributed by atoms with Crippen molar-refractivity contribution in [3.8, 4) is 0 Å². The molecular weight excluding hydrogens is 298 g/mol. The maximum absolute atomic E-state index is 12.5. The Bertz CT molecular complexity index is 909. The van der Waals surface area contributed by atoms with Crippen LogP contribution in [-0.4, -0.2) is 18.4 Å². The van der Waals surface area contributed by atoms with Gasteiger partial charge in [0.1, 0.15) is 4.90 Å². The van der Waals surface area contributed by atoms with Crippen molar-refractivity contribution in [3.63, 3.8) is 0 Å². The Morgan fingerprint density at radius 1 is 1.14 bits per heavy atom. The number of rotatable bonds is 4. The van der Waals surface area contributed by atoms with E-state index < -0.39 is 10.0 Å². The molecule has 5 nitrogen and oxygen atoms in total. The van der Waals surface area contributed by atoms with Gasteiger partial charge < -0.3 is 0 Å². The number of nitrogens with one attached hydrogen (secondary N) is 1. The molecule has 0 aliphatic carbocycles. The summed E-state index contributed by atoms with van der Waals surface area (Å²) >= 11 is 0. The van der Waals surface area contributed by atoms with Crippen molar-refractivity contribution >= 4 is 20.9 Å². The van der Waals surface area contributed by atoms with Crippen molar-refractivity contribution in [2.45, 2.75) is 18.4 Å². The first kappa shape index (κ1) is 14.6. The van der Waals surface area contributed by atoms with Gasteiger partial charge in [0.2, 0.25) is 10.0 Å². The van der Waals surface area contributed by atoms with Gasteiger partial charge in [-0.1, -0.05) is 18.2 Å². The fourth-order valence-corrected chi connectivity index (χ4v) is 3.41. The highest BCUT2D eigenvalue weighted by atomic mass is 32.2. The van der Waals surface area contributed by atoms with Crippen LogP contribution in [0.1, 0.15) is 11.1 Å². The standard InChI is InChI=1S/C16H15N3O2S/c1-12-8-14-5-2-6-15(16(14)18-9-12)22(20,21)19-11-13-4-3-7-17-10-13/h2-10,19H,11H2,1H3. The van der Waals surface area contributed by atoms with Gasteiger partial charge in [-0.2, -0.15) is 0 Å². The van der Waals surface area contributed by atoms with Crippen molar-refractivity contribution in [1.29, 1.82) is 0 Å². The summed E-state index contributed by atoms with van der Waals surface area (Å²) in [7, 11) is -3.64. The summed E-state index contributed by atoms with van der Waals surface area (Å²) in [6.07, 6.45) is 4.95. The molecule has 2 aromatic heterocycles. The van der Waals surface area contributed by atoms with Crippen LogP contribution in [-0.2, 0) is 16.6 Å². The van der Waals surface area contributed by atoms with Gasteiger partial charge in [-0.05, 0) is 36.2 Å². The van der Waals surface area contributed by atoms with Crippen LogP contribution in [0.15, 0.2) is 59.9 Å². The van der Waals surface area contributed by atoms with E-state index in [-0.39, 0.29) is 11.4 Å². The maximum Gasteiger partial charge on any atom is 0.243 e. The van der Waals surface area contributed by atoms with Gasteiger partial charge in [0.25, 0.3) is 0 Å². The molecule has 112 valence electrons. The fourth-order valence-electron chi connectivity index (χ4n) is 2.22. The quantitative estimate of drug-likeness (QED) is 0.803. The Hall–Kier alpha value is -2.31. The number of hydrogen-bond donors (Lipinski definition) is 1. The maximum atomic E-state index is 12.5. The highest BCUT2D eigenvalue weighted by Crippen LogP contribution is 2.21. The largest absolute Gasteiger partial charge is 0.264 e. The molecule has 0 atom stereocenters. The van der Waals surface area contributed by atoms with E-state index in [1.54, 1.807) is 36.8 Å². The third-order valence-corrected chi connectivity index (χ3v) is 4.72. The summed E-state index contributed by atoms with van der Waals surface area (Å²) in [5.74, 6) is 0. The molecule has 0 saturated heterocycles. The van der Waals surface area contributed by atoms with Crippen LogP contribution in [0.3, 0.4) is 0 Å². The molecule has 0 aliphatic heterocycles. The molecule has 0 unspecified atom stereocenters. The predicted octanol–water partition coefficient (Wildman–Crippen LogP) is 2.42. The second-order valence-electron chi connectivity index (χ2n) is 5.03. The number of aryl methyl sites for hydroxylation is 1. The van der Waals surface area contributed by atoms with Crippen molar-refractivity contribution in [2.75, 3.05) is 0 Å². The molecule has 6 heteroatoms. The summed E-state index contributed by atoms with van der Waals surface area (Å²) in [6, 6.07) is 10.7. The van der Waals surface area contributed by atoms with Crippen molar-refractivity contribution in [1.82, 2.24) is 14.7 Å². The van der Waals surface area contributed by atoms with Gasteiger partial charge in [-0.3, -0.25) is 9.97 Å². The lowest BCUT2D eigenvalue weighted by molar-refractivity contribution is 0.582. The Balaban J connectivity index is 1.95. The number of benzene rings is 1. The van der Waals surface area contributed by atoms with Crippen LogP contribution in [0, 0.1) is 6.92 Å². The minimum Gasteiger partial charge on any atom is -0.264 e. The average Bonchev–Trinajstić information content (AvgIpc) is 2.53. The Morgan fingerprint density at radius 3 is 2.77 bits per heavy atom. The highest BCUT2D eigenvalue weighted by Gasteiger charge is 2.17. The molecule has 0 spiro atoms. The van der Waals surface area contributed by atoms with Gasteiger partial charge in [0.05, 0.1) is 5.52 Å². The molecule has 0 radical (unpaired) electrons. The molecule has 0 aliphatic rings. The van der Waals surface area contributed by atoms with Crippen LogP contribution in [0.25, 0.3) is 10.9 Å². The van der Waals surface area contributed by atoms with Gasteiger partial charge in [-0.25, -0.2) is 13.1 Å². The third kappa shape index (κ3) is 2.98. The van der Waals surface area contributed by atoms with Crippen LogP contribution in [0.4, 0.5) is 0 Å². The molecule has 1 N–H and O–H groups in total. The third-order valence-electron chi connectivity index (χ3n) is 3.29. The zero-order valence-electron chi connectivity index (χ0n) is 12.0. The molecule has 0 saturated carbocycles. The number of sulfonamides is 1. The SMILES string of the molecule is Cc1cnc2c(S(=O)(=O)NCc3cccnc3)cccc2c1. The summed E-state index contributed by atoms with van der Waals surface area (Å²) in [4.78, 5) is 8.43. The molecule has 2 heterocycles. The smallest absolute Gasteiger partial charge is 0.243 e. The molecule has 3 aromatic rings. The van der Waals surface area contributed by atoms with E-state index in [4.69, 9.17) is 0 Å². The lowest BCUT2D eigenvalue weighted by Crippen LogP contribution is -2.23. The zero-order chi connectivity index (χ0) is 15.6. The zero-order valence-corrected chi connectivity index (χ0v) is 12.8. The summed E-state index contributed by atoms with van der Waals surface area (Å²) in [6.45, 7) is 2.12. The minimum absolute atomic E-state index is 0.189. The lowest BCUT2D eigenvalue weighted by Gasteiger charge is -2.09. The van der Waals surface area contributed by atoms with Crippen molar-refractivity contribution in [2.24, 2.45) is 0 Å². The summed E-state index contributed by atoms with van der Waals surface area (Å²) in [5, 5.41) is 0.809. The van der Waals surface area contributed by atoms with Crippen molar-refractivity contribution < 1.29 is 8.42 Å². The van der Waals surface area contributed by atoms with E-state index in [9.17, 15) is 8.42 Å². The van der Waals surface area contributed by atoms with Gasteiger partial charge in [0.15, 0.2) is 0 Å². The molecule has 1 aromatic carbocycles. The number of para-hydroxylation sites is 1. The number of aromatic nitrogens is 2. The van der Waals surface area contributed by atoms with E-state index in [0.29, 0.717) is 5.52 Å². The Kier molecular flexibility index (Phi) is 3.87. The number of hydrogen-bond acceptors (Lipinski definition) is 4. The van der Waals surface area contributed by atoms with Crippen LogP contribution in [0.2, 0.25) is 0 Å². The number of nitrogens with zero attached hydrogens (tertiary/aromatic N) is 2. The summed E-state index contributed by atoms with van der Waals surface area (Å²) < 4.78 is 27.7. The monoisotopic (exact) mass is 313 g/mol. The average molecular weight is 313 g/mol. The second-order valence-corrected chi connectivity index (χ2v) is 6.76. The van der Waals surface area contributed by atoms with Crippen LogP contribution >= 0.6 is 0 Å². The van der Waals surface area contributed by atoms with Crippen molar-refractivity contribution in [3.05, 3.63) is 66.1 Å². The topological polar surface area (TPSA) is 72.0 Å². The number of pyridine rings is 2. The van der Waals surface area contributed by atoms with Crippen LogP contribution in [0.5, 0.6) is 0 Å². The molecule has 0 amide bonds. The van der Waals surface area contributed by atoms with E-state index in [0.717, 1.165) is 16.5 Å². The highest BCUT2D eigenvalue weighted by molar-refractivity contribution is 7.89. The van der Waals surface area contributed by atoms with E-state index in [2.05, 4.69) is 14.7 Å². The van der Waals surface area contributed by atoms with Gasteiger partial charge >= 0.3 is 0 Å². The molecule has 0 bridgehead atoms. The van der Waals surface area contributed by atoms with E-state index in [1.165, 1.54) is 0 Å². The van der Waals surface area contributed by atoms with E-state index in [1.807, 2.05) is 25.1 Å². The van der Waals surface area contributed by atoms with E-state index >= 15 is 0 Å². The first-order valence-corrected chi connectivity index (χ1v) is 8.28. The van der Waals surface area contributed by atoms with Gasteiger partial charge in [0, 0.05) is 30.5 Å². The minimum atomic E-state index is -3.64. The second kappa shape index (κ2) is 5.82.